The molecule has 0 bridgehead atoms. The minimum Gasteiger partial charge on any atom is -0.481 e. The van der Waals surface area contributed by atoms with Crippen molar-refractivity contribution in [2.45, 2.75) is 20.3 Å². The van der Waals surface area contributed by atoms with Crippen LogP contribution in [0.4, 0.5) is 0 Å². The Kier molecular flexibility index (Phi) is 3.52. The maximum Gasteiger partial charge on any atom is 0.305 e. The van der Waals surface area contributed by atoms with Gasteiger partial charge in [-0.15, -0.1) is 10.2 Å². The topological polar surface area (TPSA) is 87.8 Å². The van der Waals surface area contributed by atoms with E-state index < -0.39 is 5.97 Å². The van der Waals surface area contributed by atoms with Crippen molar-refractivity contribution in [3.05, 3.63) is 16.4 Å². The van der Waals surface area contributed by atoms with E-state index in [2.05, 4.69) is 10.2 Å². The van der Waals surface area contributed by atoms with Crippen LogP contribution in [-0.4, -0.2) is 50.1 Å². The monoisotopic (exact) mass is 282 g/mol. The Morgan fingerprint density at radius 2 is 2.05 bits per heavy atom. The summed E-state index contributed by atoms with van der Waals surface area (Å²) in [7, 11) is 1.60. The van der Waals surface area contributed by atoms with Crippen LogP contribution in [0, 0.1) is 13.8 Å². The molecule has 2 heterocycles. The Balaban J connectivity index is 2.26. The van der Waals surface area contributed by atoms with Gasteiger partial charge in [0.05, 0.1) is 6.42 Å². The fraction of sp³-hybridized carbons (Fsp3) is 0.455. The van der Waals surface area contributed by atoms with Crippen molar-refractivity contribution in [3.63, 3.8) is 0 Å². The highest BCUT2D eigenvalue weighted by molar-refractivity contribution is 7.19. The van der Waals surface area contributed by atoms with Gasteiger partial charge in [-0.05, 0) is 13.8 Å². The molecule has 0 aliphatic carbocycles. The van der Waals surface area contributed by atoms with Crippen molar-refractivity contribution >= 4 is 28.2 Å². The van der Waals surface area contributed by atoms with Gasteiger partial charge < -0.3 is 10.0 Å². The minimum atomic E-state index is -0.919. The highest BCUT2D eigenvalue weighted by Crippen LogP contribution is 2.23. The fourth-order valence-corrected chi connectivity index (χ4v) is 2.91. The molecule has 0 spiro atoms. The minimum absolute atomic E-state index is 0.0651. The van der Waals surface area contributed by atoms with Gasteiger partial charge in [0.2, 0.25) is 4.96 Å². The van der Waals surface area contributed by atoms with Crippen molar-refractivity contribution in [2.24, 2.45) is 0 Å². The predicted octanol–water partition coefficient (Wildman–Crippen LogP) is 0.954. The first-order chi connectivity index (χ1) is 8.91. The van der Waals surface area contributed by atoms with E-state index in [1.807, 2.05) is 18.2 Å². The summed E-state index contributed by atoms with van der Waals surface area (Å²) < 4.78 is 1.82. The molecule has 8 heteroatoms. The molecular weight excluding hydrogens is 268 g/mol. The molecule has 2 aromatic heterocycles. The van der Waals surface area contributed by atoms with Gasteiger partial charge >= 0.3 is 5.97 Å². The van der Waals surface area contributed by atoms with Crippen molar-refractivity contribution in [1.29, 1.82) is 0 Å². The molecule has 0 saturated heterocycles. The number of aliphatic carboxylic acids is 1. The Bertz CT molecular complexity index is 646. The fourth-order valence-electron chi connectivity index (χ4n) is 1.80. The molecule has 2 aromatic rings. The third kappa shape index (κ3) is 2.43. The van der Waals surface area contributed by atoms with E-state index in [0.717, 1.165) is 11.5 Å². The Morgan fingerprint density at radius 3 is 2.63 bits per heavy atom. The highest BCUT2D eigenvalue weighted by atomic mass is 32.1. The molecule has 19 heavy (non-hydrogen) atoms. The number of hydrogen-bond donors (Lipinski definition) is 1. The summed E-state index contributed by atoms with van der Waals surface area (Å²) in [4.78, 5) is 25.4. The van der Waals surface area contributed by atoms with E-state index >= 15 is 0 Å². The maximum atomic E-state index is 12.2. The van der Waals surface area contributed by atoms with Crippen LogP contribution in [0.15, 0.2) is 0 Å². The smallest absolute Gasteiger partial charge is 0.305 e. The van der Waals surface area contributed by atoms with Gasteiger partial charge in [0.25, 0.3) is 5.91 Å². The van der Waals surface area contributed by atoms with Crippen molar-refractivity contribution in [3.8, 4) is 0 Å². The van der Waals surface area contributed by atoms with Crippen LogP contribution in [0.1, 0.15) is 27.6 Å². The van der Waals surface area contributed by atoms with Gasteiger partial charge in [0.15, 0.2) is 0 Å². The number of carboxylic acids is 1. The summed E-state index contributed by atoms with van der Waals surface area (Å²) in [5.74, 6) is -0.373. The number of nitrogens with zero attached hydrogens (tertiary/aromatic N) is 4. The maximum absolute atomic E-state index is 12.2. The van der Waals surface area contributed by atoms with Crippen LogP contribution in [-0.2, 0) is 4.79 Å². The number of carbonyl (C=O) groups excluding carboxylic acids is 1. The van der Waals surface area contributed by atoms with Crippen LogP contribution >= 0.6 is 11.3 Å². The van der Waals surface area contributed by atoms with E-state index in [9.17, 15) is 9.59 Å². The number of aryl methyl sites for hydroxylation is 2. The molecular formula is C11H14N4O3S. The van der Waals surface area contributed by atoms with Gasteiger partial charge in [-0.2, -0.15) is 0 Å². The molecule has 0 radical (unpaired) electrons. The molecule has 0 unspecified atom stereocenters. The Morgan fingerprint density at radius 1 is 1.37 bits per heavy atom. The van der Waals surface area contributed by atoms with Crippen LogP contribution in [0.2, 0.25) is 0 Å². The zero-order valence-corrected chi connectivity index (χ0v) is 11.7. The van der Waals surface area contributed by atoms with Crippen LogP contribution in [0.3, 0.4) is 0 Å². The predicted molar refractivity (Wildman–Crippen MR) is 69.6 cm³/mol. The summed E-state index contributed by atoms with van der Waals surface area (Å²) >= 11 is 1.27. The Labute approximate surface area is 113 Å². The number of carbonyl (C=O) groups is 2. The number of thiazole rings is 1. The quantitative estimate of drug-likeness (QED) is 0.902. The molecule has 2 rings (SSSR count). The molecule has 0 aromatic carbocycles. The highest BCUT2D eigenvalue weighted by Gasteiger charge is 2.21. The van der Waals surface area contributed by atoms with Gasteiger partial charge in [-0.25, -0.2) is 0 Å². The summed E-state index contributed by atoms with van der Waals surface area (Å²) in [6, 6.07) is 0. The van der Waals surface area contributed by atoms with Crippen LogP contribution in [0.25, 0.3) is 4.96 Å². The van der Waals surface area contributed by atoms with Crippen molar-refractivity contribution < 1.29 is 14.7 Å². The second-order valence-corrected chi connectivity index (χ2v) is 5.23. The van der Waals surface area contributed by atoms with E-state index in [1.54, 1.807) is 7.05 Å². The van der Waals surface area contributed by atoms with Gasteiger partial charge in [-0.3, -0.25) is 14.0 Å². The summed E-state index contributed by atoms with van der Waals surface area (Å²) in [6.45, 7) is 3.84. The number of aromatic nitrogens is 3. The molecule has 7 nitrogen and oxygen atoms in total. The lowest BCUT2D eigenvalue weighted by molar-refractivity contribution is -0.137. The first-order valence-corrected chi connectivity index (χ1v) is 6.52. The lowest BCUT2D eigenvalue weighted by atomic mass is 10.3. The lowest BCUT2D eigenvalue weighted by Gasteiger charge is -2.15. The van der Waals surface area contributed by atoms with Gasteiger partial charge in [0.1, 0.15) is 10.7 Å². The number of rotatable bonds is 4. The molecule has 0 aliphatic heterocycles. The molecule has 0 saturated carbocycles. The number of hydrogen-bond acceptors (Lipinski definition) is 5. The standard InChI is InChI=1S/C11H14N4O3S/c1-6-9(10(18)14(3)5-4-8(16)17)19-11-13-12-7(2)15(6)11/h4-5H2,1-3H3,(H,16,17). The molecule has 1 amide bonds. The zero-order valence-electron chi connectivity index (χ0n) is 10.9. The average Bonchev–Trinajstić information content (AvgIpc) is 2.87. The first kappa shape index (κ1) is 13.5. The molecule has 102 valence electrons. The van der Waals surface area contributed by atoms with Crippen LogP contribution < -0.4 is 0 Å². The molecule has 0 aliphatic rings. The van der Waals surface area contributed by atoms with E-state index in [0.29, 0.717) is 9.84 Å². The van der Waals surface area contributed by atoms with Gasteiger partial charge in [-0.1, -0.05) is 11.3 Å². The molecule has 0 fully saturated rings. The van der Waals surface area contributed by atoms with E-state index in [4.69, 9.17) is 5.11 Å². The normalized spacial score (nSPS) is 10.9. The molecule has 0 atom stereocenters. The number of amides is 1. The Hall–Kier alpha value is -1.96. The SMILES string of the molecule is Cc1nnc2sc(C(=O)N(C)CCC(=O)O)c(C)n12. The number of carboxylic acid groups (broad SMARTS) is 1. The third-order valence-corrected chi connectivity index (χ3v) is 3.98. The summed E-state index contributed by atoms with van der Waals surface area (Å²) in [5, 5.41) is 16.6. The van der Waals surface area contributed by atoms with Gasteiger partial charge in [0, 0.05) is 19.3 Å². The van der Waals surface area contributed by atoms with Crippen LogP contribution in [0.5, 0.6) is 0 Å². The largest absolute Gasteiger partial charge is 0.481 e. The van der Waals surface area contributed by atoms with E-state index in [1.165, 1.54) is 16.2 Å². The first-order valence-electron chi connectivity index (χ1n) is 5.70. The van der Waals surface area contributed by atoms with Crippen molar-refractivity contribution in [2.75, 3.05) is 13.6 Å². The number of fused-ring (bicyclic) bond motifs is 1. The van der Waals surface area contributed by atoms with E-state index in [-0.39, 0.29) is 18.9 Å². The zero-order chi connectivity index (χ0) is 14.2. The average molecular weight is 282 g/mol. The second-order valence-electron chi connectivity index (χ2n) is 4.25. The third-order valence-electron chi connectivity index (χ3n) is 2.85. The summed E-state index contributed by atoms with van der Waals surface area (Å²) in [6.07, 6.45) is -0.0651. The summed E-state index contributed by atoms with van der Waals surface area (Å²) in [5.41, 5.74) is 0.787. The molecule has 1 N–H and O–H groups in total. The lowest BCUT2D eigenvalue weighted by Crippen LogP contribution is -2.29. The second kappa shape index (κ2) is 4.96. The van der Waals surface area contributed by atoms with Crippen molar-refractivity contribution in [1.82, 2.24) is 19.5 Å².